The van der Waals surface area contributed by atoms with Gasteiger partial charge in [0.25, 0.3) is 5.91 Å². The Bertz CT molecular complexity index is 535. The fourth-order valence-electron chi connectivity index (χ4n) is 2.37. The molecule has 0 aliphatic carbocycles. The zero-order chi connectivity index (χ0) is 14.2. The number of nitrogens with zero attached hydrogens (tertiary/aromatic N) is 1. The number of carboxylic acid groups (broad SMARTS) is 1. The monoisotopic (exact) mass is 285 g/mol. The number of likely N-dealkylation sites (tertiary alicyclic amines) is 1. The number of hydrogen-bond acceptors (Lipinski definition) is 2. The summed E-state index contributed by atoms with van der Waals surface area (Å²) in [5.41, 5.74) is -0.0812. The van der Waals surface area contributed by atoms with Gasteiger partial charge in [0.15, 0.2) is 0 Å². The number of hydrogen-bond donors (Lipinski definition) is 1. The summed E-state index contributed by atoms with van der Waals surface area (Å²) in [6.45, 7) is 1.98. The van der Waals surface area contributed by atoms with Crippen LogP contribution in [0, 0.1) is 11.7 Å². The van der Waals surface area contributed by atoms with E-state index in [4.69, 9.17) is 16.7 Å². The van der Waals surface area contributed by atoms with E-state index in [1.807, 2.05) is 0 Å². The maximum Gasteiger partial charge on any atom is 0.308 e. The largest absolute Gasteiger partial charge is 0.481 e. The van der Waals surface area contributed by atoms with Crippen molar-refractivity contribution in [1.82, 2.24) is 4.90 Å². The van der Waals surface area contributed by atoms with Crippen molar-refractivity contribution in [2.45, 2.75) is 19.4 Å². The van der Waals surface area contributed by atoms with Gasteiger partial charge in [-0.15, -0.1) is 0 Å². The number of carboxylic acids is 1. The third-order valence-electron chi connectivity index (χ3n) is 3.49. The number of amides is 1. The van der Waals surface area contributed by atoms with Crippen LogP contribution in [0.5, 0.6) is 0 Å². The first-order valence-corrected chi connectivity index (χ1v) is 6.28. The van der Waals surface area contributed by atoms with Crippen LogP contribution < -0.4 is 0 Å². The SMILES string of the molecule is CC1C(C(=O)O)CCN1C(=O)c1ccc(Cl)cc1F. The number of rotatable bonds is 2. The number of halogens is 2. The molecule has 1 aromatic carbocycles. The molecule has 2 rings (SSSR count). The van der Waals surface area contributed by atoms with Crippen LogP contribution in [0.3, 0.4) is 0 Å². The van der Waals surface area contributed by atoms with Crippen LogP contribution in [-0.2, 0) is 4.79 Å². The lowest BCUT2D eigenvalue weighted by Gasteiger charge is -2.23. The van der Waals surface area contributed by atoms with E-state index in [9.17, 15) is 14.0 Å². The van der Waals surface area contributed by atoms with Gasteiger partial charge >= 0.3 is 5.97 Å². The average molecular weight is 286 g/mol. The Morgan fingerprint density at radius 1 is 1.47 bits per heavy atom. The summed E-state index contributed by atoms with van der Waals surface area (Å²) in [7, 11) is 0. The van der Waals surface area contributed by atoms with Crippen LogP contribution >= 0.6 is 11.6 Å². The molecule has 0 spiro atoms. The molecule has 19 heavy (non-hydrogen) atoms. The van der Waals surface area contributed by atoms with Crippen molar-refractivity contribution < 1.29 is 19.1 Å². The van der Waals surface area contributed by atoms with Crippen molar-refractivity contribution in [2.24, 2.45) is 5.92 Å². The molecule has 1 aliphatic heterocycles. The Kier molecular flexibility index (Phi) is 3.75. The predicted octanol–water partition coefficient (Wildman–Crippen LogP) is 2.41. The maximum absolute atomic E-state index is 13.7. The van der Waals surface area contributed by atoms with Crippen molar-refractivity contribution in [2.75, 3.05) is 6.54 Å². The number of carbonyl (C=O) groups is 2. The lowest BCUT2D eigenvalue weighted by atomic mass is 10.0. The van der Waals surface area contributed by atoms with Crippen molar-refractivity contribution in [3.63, 3.8) is 0 Å². The first-order valence-electron chi connectivity index (χ1n) is 5.90. The van der Waals surface area contributed by atoms with E-state index in [1.165, 1.54) is 17.0 Å². The number of benzene rings is 1. The minimum absolute atomic E-state index is 0.0812. The zero-order valence-corrected chi connectivity index (χ0v) is 11.0. The van der Waals surface area contributed by atoms with Crippen molar-refractivity contribution >= 4 is 23.5 Å². The molecule has 2 unspecified atom stereocenters. The van der Waals surface area contributed by atoms with Gasteiger partial charge in [0.2, 0.25) is 0 Å². The molecule has 2 atom stereocenters. The number of aliphatic carboxylic acids is 1. The molecule has 0 bridgehead atoms. The van der Waals surface area contributed by atoms with Gasteiger partial charge in [0.05, 0.1) is 11.5 Å². The Morgan fingerprint density at radius 2 is 2.16 bits per heavy atom. The molecule has 1 fully saturated rings. The molecule has 1 heterocycles. The van der Waals surface area contributed by atoms with Crippen molar-refractivity contribution in [3.8, 4) is 0 Å². The molecule has 0 saturated carbocycles. The Balaban J connectivity index is 2.23. The molecule has 102 valence electrons. The second-order valence-corrected chi connectivity index (χ2v) is 5.03. The van der Waals surface area contributed by atoms with E-state index in [0.29, 0.717) is 13.0 Å². The van der Waals surface area contributed by atoms with Crippen molar-refractivity contribution in [3.05, 3.63) is 34.6 Å². The molecular formula is C13H13ClFNO3. The second kappa shape index (κ2) is 5.17. The van der Waals surface area contributed by atoms with E-state index < -0.39 is 29.7 Å². The molecule has 1 aliphatic rings. The summed E-state index contributed by atoms with van der Waals surface area (Å²) >= 11 is 5.63. The van der Waals surface area contributed by atoms with Gasteiger partial charge in [-0.2, -0.15) is 0 Å². The standard InChI is InChI=1S/C13H13ClFNO3/c1-7-9(13(18)19)4-5-16(7)12(17)10-3-2-8(14)6-11(10)15/h2-3,6-7,9H,4-5H2,1H3,(H,18,19). The lowest BCUT2D eigenvalue weighted by Crippen LogP contribution is -2.38. The smallest absolute Gasteiger partial charge is 0.308 e. The van der Waals surface area contributed by atoms with Gasteiger partial charge < -0.3 is 10.0 Å². The predicted molar refractivity (Wildman–Crippen MR) is 67.7 cm³/mol. The highest BCUT2D eigenvalue weighted by Crippen LogP contribution is 2.27. The molecule has 0 aromatic heterocycles. The Labute approximate surface area is 114 Å². The first-order chi connectivity index (χ1) is 8.91. The molecule has 0 radical (unpaired) electrons. The molecule has 1 saturated heterocycles. The highest BCUT2D eigenvalue weighted by Gasteiger charge is 2.38. The van der Waals surface area contributed by atoms with Crippen LogP contribution in [0.1, 0.15) is 23.7 Å². The minimum atomic E-state index is -0.931. The quantitative estimate of drug-likeness (QED) is 0.908. The van der Waals surface area contributed by atoms with E-state index in [0.717, 1.165) is 6.07 Å². The zero-order valence-electron chi connectivity index (χ0n) is 10.3. The van der Waals surface area contributed by atoms with Gasteiger partial charge in [-0.3, -0.25) is 9.59 Å². The van der Waals surface area contributed by atoms with E-state index in [1.54, 1.807) is 6.92 Å². The van der Waals surface area contributed by atoms with Gasteiger partial charge in [-0.05, 0) is 31.5 Å². The fourth-order valence-corrected chi connectivity index (χ4v) is 2.53. The summed E-state index contributed by atoms with van der Waals surface area (Å²) in [4.78, 5) is 24.6. The summed E-state index contributed by atoms with van der Waals surface area (Å²) in [5, 5.41) is 9.23. The summed E-state index contributed by atoms with van der Waals surface area (Å²) in [5.74, 6) is -2.72. The second-order valence-electron chi connectivity index (χ2n) is 4.60. The van der Waals surface area contributed by atoms with E-state index in [2.05, 4.69) is 0 Å². The third-order valence-corrected chi connectivity index (χ3v) is 3.73. The lowest BCUT2D eigenvalue weighted by molar-refractivity contribution is -0.142. The van der Waals surface area contributed by atoms with Gasteiger partial charge in [0, 0.05) is 17.6 Å². The molecule has 4 nitrogen and oxygen atoms in total. The van der Waals surface area contributed by atoms with E-state index in [-0.39, 0.29) is 10.6 Å². The van der Waals surface area contributed by atoms with E-state index >= 15 is 0 Å². The topological polar surface area (TPSA) is 57.6 Å². The summed E-state index contributed by atoms with van der Waals surface area (Å²) < 4.78 is 13.7. The molecule has 6 heteroatoms. The molecular weight excluding hydrogens is 273 g/mol. The summed E-state index contributed by atoms with van der Waals surface area (Å²) in [6, 6.07) is 3.39. The van der Waals surface area contributed by atoms with Gasteiger partial charge in [0.1, 0.15) is 5.82 Å². The number of carbonyl (C=O) groups excluding carboxylic acids is 1. The summed E-state index contributed by atoms with van der Waals surface area (Å²) in [6.07, 6.45) is 0.386. The third kappa shape index (κ3) is 2.56. The van der Waals surface area contributed by atoms with Crippen LogP contribution in [-0.4, -0.2) is 34.5 Å². The van der Waals surface area contributed by atoms with Gasteiger partial charge in [-0.1, -0.05) is 11.6 Å². The maximum atomic E-state index is 13.7. The Hall–Kier alpha value is -1.62. The van der Waals surface area contributed by atoms with Crippen LogP contribution in [0.2, 0.25) is 5.02 Å². The highest BCUT2D eigenvalue weighted by atomic mass is 35.5. The molecule has 1 amide bonds. The van der Waals surface area contributed by atoms with Crippen LogP contribution in [0.4, 0.5) is 4.39 Å². The van der Waals surface area contributed by atoms with Crippen molar-refractivity contribution in [1.29, 1.82) is 0 Å². The minimum Gasteiger partial charge on any atom is -0.481 e. The van der Waals surface area contributed by atoms with Crippen LogP contribution in [0.15, 0.2) is 18.2 Å². The van der Waals surface area contributed by atoms with Crippen LogP contribution in [0.25, 0.3) is 0 Å². The normalized spacial score (nSPS) is 22.6. The molecule has 1 N–H and O–H groups in total. The average Bonchev–Trinajstić information content (AvgIpc) is 2.70. The fraction of sp³-hybridized carbons (Fsp3) is 0.385. The Morgan fingerprint density at radius 3 is 2.68 bits per heavy atom. The first kappa shape index (κ1) is 13.8. The highest BCUT2D eigenvalue weighted by molar-refractivity contribution is 6.30. The van der Waals surface area contributed by atoms with Gasteiger partial charge in [-0.25, -0.2) is 4.39 Å². The molecule has 1 aromatic rings.